The predicted molar refractivity (Wildman–Crippen MR) is 113 cm³/mol. The smallest absolute Gasteiger partial charge is 0.225 e. The van der Waals surface area contributed by atoms with Crippen LogP contribution in [0.15, 0.2) is 18.2 Å². The van der Waals surface area contributed by atoms with Gasteiger partial charge in [0.25, 0.3) is 0 Å². The van der Waals surface area contributed by atoms with Crippen LogP contribution in [0.3, 0.4) is 0 Å². The van der Waals surface area contributed by atoms with Crippen LogP contribution in [-0.2, 0) is 4.79 Å². The van der Waals surface area contributed by atoms with Crippen LogP contribution >= 0.6 is 24.8 Å². The SMILES string of the molecule is COc1cc(NC(=O)CCN2CCCC3(CCNC3)C2)cc(OC)c1.Cl.Cl. The molecule has 2 fully saturated rings. The van der Waals surface area contributed by atoms with Gasteiger partial charge in [0.05, 0.1) is 14.2 Å². The highest BCUT2D eigenvalue weighted by molar-refractivity contribution is 5.91. The Morgan fingerprint density at radius 3 is 2.48 bits per heavy atom. The van der Waals surface area contributed by atoms with Gasteiger partial charge in [-0.25, -0.2) is 0 Å². The zero-order valence-corrected chi connectivity index (χ0v) is 17.7. The van der Waals surface area contributed by atoms with E-state index in [0.29, 0.717) is 29.0 Å². The van der Waals surface area contributed by atoms with E-state index < -0.39 is 0 Å². The number of benzene rings is 1. The van der Waals surface area contributed by atoms with E-state index in [2.05, 4.69) is 15.5 Å². The average Bonchev–Trinajstić information content (AvgIpc) is 3.07. The van der Waals surface area contributed by atoms with Gasteiger partial charge in [0, 0.05) is 49.9 Å². The Labute approximate surface area is 174 Å². The molecule has 27 heavy (non-hydrogen) atoms. The normalized spacial score (nSPS) is 21.9. The number of nitrogens with one attached hydrogen (secondary N) is 2. The van der Waals surface area contributed by atoms with Gasteiger partial charge >= 0.3 is 0 Å². The number of carbonyl (C=O) groups is 1. The van der Waals surface area contributed by atoms with Crippen LogP contribution in [0.4, 0.5) is 5.69 Å². The monoisotopic (exact) mass is 419 g/mol. The fraction of sp³-hybridized carbons (Fsp3) is 0.632. The molecule has 1 aromatic rings. The Hall–Kier alpha value is -1.21. The number of rotatable bonds is 6. The van der Waals surface area contributed by atoms with E-state index in [1.165, 1.54) is 19.3 Å². The molecule has 1 atom stereocenters. The van der Waals surface area contributed by atoms with Gasteiger partial charge in [-0.3, -0.25) is 4.79 Å². The van der Waals surface area contributed by atoms with Crippen LogP contribution in [0.2, 0.25) is 0 Å². The van der Waals surface area contributed by atoms with E-state index in [-0.39, 0.29) is 30.7 Å². The Morgan fingerprint density at radius 2 is 1.89 bits per heavy atom. The number of piperidine rings is 1. The van der Waals surface area contributed by atoms with Crippen LogP contribution < -0.4 is 20.1 Å². The molecule has 1 amide bonds. The first kappa shape index (κ1) is 23.8. The largest absolute Gasteiger partial charge is 0.497 e. The second-order valence-corrected chi connectivity index (χ2v) is 7.21. The lowest BCUT2D eigenvalue weighted by molar-refractivity contribution is -0.116. The minimum absolute atomic E-state index is 0. The summed E-state index contributed by atoms with van der Waals surface area (Å²) in [4.78, 5) is 14.8. The van der Waals surface area contributed by atoms with Crippen molar-refractivity contribution in [2.24, 2.45) is 5.41 Å². The van der Waals surface area contributed by atoms with E-state index in [9.17, 15) is 4.79 Å². The third kappa shape index (κ3) is 6.42. The number of nitrogens with zero attached hydrogens (tertiary/aromatic N) is 1. The average molecular weight is 420 g/mol. The van der Waals surface area contributed by atoms with Gasteiger partial charge in [0.1, 0.15) is 11.5 Å². The van der Waals surface area contributed by atoms with Crippen LogP contribution in [0.5, 0.6) is 11.5 Å². The fourth-order valence-corrected chi connectivity index (χ4v) is 4.01. The van der Waals surface area contributed by atoms with Crippen molar-refractivity contribution in [3.05, 3.63) is 18.2 Å². The summed E-state index contributed by atoms with van der Waals surface area (Å²) in [5, 5.41) is 6.45. The molecular formula is C19H31Cl2N3O3. The lowest BCUT2D eigenvalue weighted by Gasteiger charge is -2.40. The van der Waals surface area contributed by atoms with Crippen molar-refractivity contribution in [1.82, 2.24) is 10.2 Å². The van der Waals surface area contributed by atoms with Gasteiger partial charge < -0.3 is 25.0 Å². The number of hydrogen-bond acceptors (Lipinski definition) is 5. The summed E-state index contributed by atoms with van der Waals surface area (Å²) in [6.07, 6.45) is 4.31. The van der Waals surface area contributed by atoms with Crippen molar-refractivity contribution in [2.45, 2.75) is 25.7 Å². The number of hydrogen-bond donors (Lipinski definition) is 2. The fourth-order valence-electron chi connectivity index (χ4n) is 4.01. The Morgan fingerprint density at radius 1 is 1.19 bits per heavy atom. The van der Waals surface area contributed by atoms with Crippen molar-refractivity contribution in [3.8, 4) is 11.5 Å². The molecule has 1 aromatic carbocycles. The third-order valence-corrected chi connectivity index (χ3v) is 5.36. The van der Waals surface area contributed by atoms with Crippen molar-refractivity contribution in [2.75, 3.05) is 52.3 Å². The number of amides is 1. The van der Waals surface area contributed by atoms with Crippen molar-refractivity contribution in [1.29, 1.82) is 0 Å². The molecule has 0 bridgehead atoms. The van der Waals surface area contributed by atoms with Gasteiger partial charge in [-0.2, -0.15) is 0 Å². The van der Waals surface area contributed by atoms with Crippen LogP contribution in [0.1, 0.15) is 25.7 Å². The zero-order valence-electron chi connectivity index (χ0n) is 16.1. The number of likely N-dealkylation sites (tertiary alicyclic amines) is 1. The summed E-state index contributed by atoms with van der Waals surface area (Å²) in [7, 11) is 3.20. The minimum atomic E-state index is 0. The lowest BCUT2D eigenvalue weighted by Crippen LogP contribution is -2.45. The maximum Gasteiger partial charge on any atom is 0.225 e. The molecule has 2 saturated heterocycles. The molecule has 2 heterocycles. The molecule has 154 valence electrons. The Kier molecular flexibility index (Phi) is 9.67. The van der Waals surface area contributed by atoms with Gasteiger partial charge in [-0.15, -0.1) is 24.8 Å². The molecular weight excluding hydrogens is 389 g/mol. The van der Waals surface area contributed by atoms with E-state index in [4.69, 9.17) is 9.47 Å². The lowest BCUT2D eigenvalue weighted by atomic mass is 9.79. The number of methoxy groups -OCH3 is 2. The first-order chi connectivity index (χ1) is 12.1. The van der Waals surface area contributed by atoms with Gasteiger partial charge in [-0.1, -0.05) is 0 Å². The van der Waals surface area contributed by atoms with Crippen molar-refractivity contribution < 1.29 is 14.3 Å². The molecule has 2 aliphatic rings. The quantitative estimate of drug-likeness (QED) is 0.741. The van der Waals surface area contributed by atoms with Gasteiger partial charge in [-0.05, 0) is 37.8 Å². The van der Waals surface area contributed by atoms with E-state index in [1.807, 2.05) is 0 Å². The second kappa shape index (κ2) is 11.0. The molecule has 0 aliphatic carbocycles. The first-order valence-corrected chi connectivity index (χ1v) is 9.08. The van der Waals surface area contributed by atoms with E-state index >= 15 is 0 Å². The number of ether oxygens (including phenoxy) is 2. The van der Waals surface area contributed by atoms with Gasteiger partial charge in [0.2, 0.25) is 5.91 Å². The number of anilines is 1. The zero-order chi connectivity index (χ0) is 17.7. The molecule has 0 saturated carbocycles. The molecule has 0 aromatic heterocycles. The second-order valence-electron chi connectivity index (χ2n) is 7.21. The summed E-state index contributed by atoms with van der Waals surface area (Å²) in [5.74, 6) is 1.36. The molecule has 6 nitrogen and oxygen atoms in total. The third-order valence-electron chi connectivity index (χ3n) is 5.36. The summed E-state index contributed by atoms with van der Waals surface area (Å²) < 4.78 is 10.5. The molecule has 1 spiro atoms. The molecule has 3 rings (SSSR count). The van der Waals surface area contributed by atoms with Crippen LogP contribution in [0, 0.1) is 5.41 Å². The molecule has 2 N–H and O–H groups in total. The molecule has 2 aliphatic heterocycles. The molecule has 8 heteroatoms. The Balaban J connectivity index is 0.00000182. The van der Waals surface area contributed by atoms with E-state index in [0.717, 1.165) is 32.7 Å². The highest BCUT2D eigenvalue weighted by Gasteiger charge is 2.37. The highest BCUT2D eigenvalue weighted by atomic mass is 35.5. The Bertz CT molecular complexity index is 588. The van der Waals surface area contributed by atoms with Gasteiger partial charge in [0.15, 0.2) is 0 Å². The maximum absolute atomic E-state index is 12.3. The van der Waals surface area contributed by atoms with Crippen LogP contribution in [0.25, 0.3) is 0 Å². The molecule has 0 radical (unpaired) electrons. The highest BCUT2D eigenvalue weighted by Crippen LogP contribution is 2.35. The minimum Gasteiger partial charge on any atom is -0.497 e. The number of carbonyl (C=O) groups excluding carboxylic acids is 1. The topological polar surface area (TPSA) is 62.8 Å². The number of halogens is 2. The summed E-state index contributed by atoms with van der Waals surface area (Å²) in [6.45, 7) is 5.28. The van der Waals surface area contributed by atoms with Crippen molar-refractivity contribution in [3.63, 3.8) is 0 Å². The summed E-state index contributed by atoms with van der Waals surface area (Å²) >= 11 is 0. The summed E-state index contributed by atoms with van der Waals surface area (Å²) in [5.41, 5.74) is 1.14. The van der Waals surface area contributed by atoms with Crippen LogP contribution in [-0.4, -0.2) is 57.8 Å². The summed E-state index contributed by atoms with van der Waals surface area (Å²) in [6, 6.07) is 5.40. The molecule has 1 unspecified atom stereocenters. The maximum atomic E-state index is 12.3. The first-order valence-electron chi connectivity index (χ1n) is 9.08. The standard InChI is InChI=1S/C19H29N3O3.2ClH/c1-24-16-10-15(11-17(12-16)25-2)21-18(23)4-9-22-8-3-5-19(14-22)6-7-20-13-19;;/h10-12,20H,3-9,13-14H2,1-2H3,(H,21,23);2*1H. The van der Waals surface area contributed by atoms with E-state index in [1.54, 1.807) is 32.4 Å². The van der Waals surface area contributed by atoms with Crippen molar-refractivity contribution >= 4 is 36.4 Å². The predicted octanol–water partition coefficient (Wildman–Crippen LogP) is 2.95.